The van der Waals surface area contributed by atoms with Crippen molar-refractivity contribution in [3.05, 3.63) is 91.2 Å². The second-order valence-electron chi connectivity index (χ2n) is 8.12. The fourth-order valence-electron chi connectivity index (χ4n) is 3.88. The molecule has 0 aliphatic heterocycles. The maximum Gasteiger partial charge on any atom is 0.262 e. The average molecular weight is 545 g/mol. The summed E-state index contributed by atoms with van der Waals surface area (Å²) in [6.45, 7) is 0. The number of thiazole rings is 1. The summed E-state index contributed by atoms with van der Waals surface area (Å²) in [6, 6.07) is 19.7. The number of hydrogen-bond donors (Lipinski definition) is 2. The van der Waals surface area contributed by atoms with Gasteiger partial charge >= 0.3 is 0 Å². The molecule has 38 heavy (non-hydrogen) atoms. The second-order valence-corrected chi connectivity index (χ2v) is 10.8. The van der Waals surface area contributed by atoms with Crippen molar-refractivity contribution < 1.29 is 17.2 Å². The summed E-state index contributed by atoms with van der Waals surface area (Å²) in [5, 5.41) is 0.638. The number of fused-ring (bicyclic) bond motifs is 1. The molecule has 0 unspecified atom stereocenters. The highest BCUT2D eigenvalue weighted by Crippen LogP contribution is 2.41. The van der Waals surface area contributed by atoms with Crippen LogP contribution < -0.4 is 10.5 Å². The normalized spacial score (nSPS) is 11.6. The van der Waals surface area contributed by atoms with Crippen LogP contribution in [0.4, 0.5) is 16.0 Å². The maximum atomic E-state index is 15.9. The highest BCUT2D eigenvalue weighted by atomic mass is 32.2. The molecule has 6 aromatic rings. The molecule has 0 saturated heterocycles. The van der Waals surface area contributed by atoms with Gasteiger partial charge in [0.05, 0.1) is 26.8 Å². The zero-order chi connectivity index (χ0) is 26.3. The number of aromatic nitrogens is 4. The molecular formula is C26H17FN6O3S2. The van der Waals surface area contributed by atoms with Crippen molar-refractivity contribution in [1.82, 2.24) is 19.9 Å². The van der Waals surface area contributed by atoms with Crippen LogP contribution in [0.1, 0.15) is 0 Å². The number of nitrogen functional groups attached to an aromatic ring is 1. The Hall–Kier alpha value is -4.68. The first kappa shape index (κ1) is 23.7. The van der Waals surface area contributed by atoms with Gasteiger partial charge in [-0.2, -0.15) is 0 Å². The molecule has 0 aliphatic carbocycles. The molecule has 0 aliphatic rings. The van der Waals surface area contributed by atoms with Gasteiger partial charge in [-0.3, -0.25) is 4.72 Å². The van der Waals surface area contributed by atoms with Crippen molar-refractivity contribution in [2.75, 3.05) is 10.5 Å². The van der Waals surface area contributed by atoms with Crippen molar-refractivity contribution >= 4 is 44.1 Å². The van der Waals surface area contributed by atoms with E-state index < -0.39 is 15.8 Å². The molecule has 6 rings (SSSR count). The fraction of sp³-hybridized carbons (Fsp3) is 0. The Morgan fingerprint density at radius 1 is 0.947 bits per heavy atom. The number of benzene rings is 3. The molecule has 0 atom stereocenters. The summed E-state index contributed by atoms with van der Waals surface area (Å²) in [6.07, 6.45) is 2.73. The molecule has 0 bridgehead atoms. The number of nitrogens with two attached hydrogens (primary N) is 1. The number of halogens is 1. The van der Waals surface area contributed by atoms with Crippen molar-refractivity contribution in [2.24, 2.45) is 0 Å². The van der Waals surface area contributed by atoms with Crippen LogP contribution in [-0.4, -0.2) is 28.4 Å². The van der Waals surface area contributed by atoms with Gasteiger partial charge < -0.3 is 10.2 Å². The predicted molar refractivity (Wildman–Crippen MR) is 143 cm³/mol. The minimum atomic E-state index is -4.14. The molecule has 3 aromatic heterocycles. The number of hydrogen-bond acceptors (Lipinski definition) is 9. The van der Waals surface area contributed by atoms with Crippen LogP contribution in [0.5, 0.6) is 0 Å². The van der Waals surface area contributed by atoms with Gasteiger partial charge in [0.2, 0.25) is 5.95 Å². The van der Waals surface area contributed by atoms with Crippen LogP contribution in [0.2, 0.25) is 0 Å². The lowest BCUT2D eigenvalue weighted by Crippen LogP contribution is -2.14. The minimum Gasteiger partial charge on any atom is -0.443 e. The van der Waals surface area contributed by atoms with Crippen LogP contribution in [0.25, 0.3) is 43.5 Å². The van der Waals surface area contributed by atoms with Crippen LogP contribution in [0.15, 0.2) is 94.7 Å². The van der Waals surface area contributed by atoms with Gasteiger partial charge in [0, 0.05) is 17.3 Å². The van der Waals surface area contributed by atoms with E-state index in [-0.39, 0.29) is 22.1 Å². The van der Waals surface area contributed by atoms with Crippen LogP contribution in [-0.2, 0) is 10.0 Å². The van der Waals surface area contributed by atoms with E-state index in [9.17, 15) is 8.42 Å². The largest absolute Gasteiger partial charge is 0.443 e. The number of sulfonamides is 1. The fourth-order valence-corrected chi connectivity index (χ4v) is 6.02. The first-order chi connectivity index (χ1) is 18.4. The summed E-state index contributed by atoms with van der Waals surface area (Å²) in [5.74, 6) is -0.721. The Morgan fingerprint density at radius 2 is 1.79 bits per heavy atom. The number of nitrogens with one attached hydrogen (secondary N) is 1. The summed E-state index contributed by atoms with van der Waals surface area (Å²) < 4.78 is 49.7. The Balaban J connectivity index is 1.45. The zero-order valence-corrected chi connectivity index (χ0v) is 21.0. The second kappa shape index (κ2) is 9.32. The molecule has 0 spiro atoms. The van der Waals surface area contributed by atoms with Crippen LogP contribution in [0, 0.1) is 5.82 Å². The average Bonchev–Trinajstić information content (AvgIpc) is 3.57. The van der Waals surface area contributed by atoms with E-state index in [2.05, 4.69) is 19.7 Å². The van der Waals surface area contributed by atoms with Crippen molar-refractivity contribution in [2.45, 2.75) is 4.90 Å². The molecule has 188 valence electrons. The Morgan fingerprint density at radius 3 is 2.61 bits per heavy atom. The van der Waals surface area contributed by atoms with E-state index in [4.69, 9.17) is 15.1 Å². The molecule has 0 radical (unpaired) electrons. The lowest BCUT2D eigenvalue weighted by Gasteiger charge is -2.11. The van der Waals surface area contributed by atoms with E-state index in [0.717, 1.165) is 5.56 Å². The Labute approximate surface area is 219 Å². The van der Waals surface area contributed by atoms with Gasteiger partial charge in [-0.1, -0.05) is 36.4 Å². The first-order valence-corrected chi connectivity index (χ1v) is 13.5. The van der Waals surface area contributed by atoms with E-state index in [1.807, 2.05) is 30.3 Å². The zero-order valence-electron chi connectivity index (χ0n) is 19.4. The van der Waals surface area contributed by atoms with Gasteiger partial charge in [0.1, 0.15) is 10.5 Å². The third kappa shape index (κ3) is 4.35. The predicted octanol–water partition coefficient (Wildman–Crippen LogP) is 5.60. The minimum absolute atomic E-state index is 0.0641. The van der Waals surface area contributed by atoms with Crippen molar-refractivity contribution in [3.63, 3.8) is 0 Å². The molecule has 0 saturated carbocycles. The van der Waals surface area contributed by atoms with Gasteiger partial charge in [-0.25, -0.2) is 32.7 Å². The van der Waals surface area contributed by atoms with Gasteiger partial charge in [0.15, 0.2) is 17.8 Å². The third-order valence-corrected chi connectivity index (χ3v) is 8.16. The third-order valence-electron chi connectivity index (χ3n) is 5.67. The summed E-state index contributed by atoms with van der Waals surface area (Å²) in [5.41, 5.74) is 8.10. The van der Waals surface area contributed by atoms with E-state index in [1.54, 1.807) is 12.1 Å². The smallest absolute Gasteiger partial charge is 0.262 e. The Bertz CT molecular complexity index is 1910. The summed E-state index contributed by atoms with van der Waals surface area (Å²) in [4.78, 5) is 17.4. The molecule has 3 N–H and O–H groups in total. The van der Waals surface area contributed by atoms with Gasteiger partial charge in [-0.05, 0) is 36.4 Å². The monoisotopic (exact) mass is 544 g/mol. The van der Waals surface area contributed by atoms with Crippen LogP contribution >= 0.6 is 11.3 Å². The molecule has 0 amide bonds. The van der Waals surface area contributed by atoms with Gasteiger partial charge in [0.25, 0.3) is 10.0 Å². The first-order valence-electron chi connectivity index (χ1n) is 11.2. The molecule has 9 nitrogen and oxygen atoms in total. The number of nitrogens with zero attached hydrogens (tertiary/aromatic N) is 4. The lowest BCUT2D eigenvalue weighted by atomic mass is 10.1. The topological polar surface area (TPSA) is 137 Å². The van der Waals surface area contributed by atoms with E-state index in [1.165, 1.54) is 54.3 Å². The van der Waals surface area contributed by atoms with Crippen molar-refractivity contribution in [3.8, 4) is 32.4 Å². The highest BCUT2D eigenvalue weighted by molar-refractivity contribution is 7.92. The van der Waals surface area contributed by atoms with E-state index in [0.29, 0.717) is 32.4 Å². The number of oxazole rings is 1. The summed E-state index contributed by atoms with van der Waals surface area (Å²) >= 11 is 1.32. The lowest BCUT2D eigenvalue weighted by molar-refractivity contribution is 0.598. The number of anilines is 2. The quantitative estimate of drug-likeness (QED) is 0.277. The van der Waals surface area contributed by atoms with E-state index >= 15 is 4.39 Å². The number of rotatable bonds is 6. The van der Waals surface area contributed by atoms with Crippen LogP contribution in [0.3, 0.4) is 0 Å². The molecule has 0 fully saturated rings. The molecule has 3 heterocycles. The SMILES string of the molecule is Nc1nccc(-c2sc(-c3ccccc3)nc2-c2cccc(NS(=O)(=O)c3ccc4ocnc4c3)c2F)n1. The highest BCUT2D eigenvalue weighted by Gasteiger charge is 2.24. The Kier molecular flexibility index (Phi) is 5.81. The summed E-state index contributed by atoms with van der Waals surface area (Å²) in [7, 11) is -4.14. The molecular weight excluding hydrogens is 527 g/mol. The van der Waals surface area contributed by atoms with Gasteiger partial charge in [-0.15, -0.1) is 11.3 Å². The maximum absolute atomic E-state index is 15.9. The standard InChI is InChI=1S/C26H17FN6O3S2/c27-22-17(7-4-8-18(22)33-38(34,35)16-9-10-21-20(13-16)30-14-36-21)23-24(19-11-12-29-26(28)31-19)37-25(32-23)15-5-2-1-3-6-15/h1-14,33H,(H2,28,29,31). The molecule has 3 aromatic carbocycles. The van der Waals surface area contributed by atoms with Crippen molar-refractivity contribution in [1.29, 1.82) is 0 Å². The molecule has 12 heteroatoms.